The fraction of sp³-hybridized carbons (Fsp3) is 0.917. The minimum absolute atomic E-state index is 0.151. The lowest BCUT2D eigenvalue weighted by atomic mass is 10.1. The van der Waals surface area contributed by atoms with Gasteiger partial charge in [-0.1, -0.05) is 0 Å². The van der Waals surface area contributed by atoms with E-state index in [1.165, 1.54) is 16.8 Å². The van der Waals surface area contributed by atoms with Crippen LogP contribution in [0.3, 0.4) is 0 Å². The molecule has 118 valence electrons. The smallest absolute Gasteiger partial charge is 0.389 e. The summed E-state index contributed by atoms with van der Waals surface area (Å²) in [5.74, 6) is 0. The van der Waals surface area contributed by atoms with Crippen LogP contribution in [0.15, 0.2) is 0 Å². The summed E-state index contributed by atoms with van der Waals surface area (Å²) in [5, 5.41) is 12.3. The number of likely N-dealkylation sites (N-methyl/N-ethyl adjacent to an activating group) is 1. The summed E-state index contributed by atoms with van der Waals surface area (Å²) in [7, 11) is 1.54. The van der Waals surface area contributed by atoms with Crippen LogP contribution in [0.4, 0.5) is 18.0 Å². The van der Waals surface area contributed by atoms with Gasteiger partial charge < -0.3 is 15.3 Å². The van der Waals surface area contributed by atoms with Crippen molar-refractivity contribution in [2.75, 3.05) is 33.2 Å². The van der Waals surface area contributed by atoms with Crippen molar-refractivity contribution in [3.8, 4) is 0 Å². The Balaban J connectivity index is 2.37. The fourth-order valence-corrected chi connectivity index (χ4v) is 2.28. The molecule has 1 saturated heterocycles. The summed E-state index contributed by atoms with van der Waals surface area (Å²) in [6.07, 6.45) is -3.71. The first-order valence-corrected chi connectivity index (χ1v) is 6.49. The normalized spacial score (nSPS) is 21.1. The number of hydrogen-bond donors (Lipinski definition) is 2. The molecule has 20 heavy (non-hydrogen) atoms. The number of carbonyl (C=O) groups is 1. The number of rotatable bonds is 4. The summed E-state index contributed by atoms with van der Waals surface area (Å²) in [4.78, 5) is 14.4. The van der Waals surface area contributed by atoms with Crippen molar-refractivity contribution in [1.82, 2.24) is 15.1 Å². The lowest BCUT2D eigenvalue weighted by Gasteiger charge is -2.27. The Morgan fingerprint density at radius 3 is 2.55 bits per heavy atom. The molecule has 2 N–H and O–H groups in total. The third-order valence-electron chi connectivity index (χ3n) is 2.97. The minimum atomic E-state index is -4.21. The predicted molar refractivity (Wildman–Crippen MR) is 68.4 cm³/mol. The number of halogens is 3. The highest BCUT2D eigenvalue weighted by molar-refractivity contribution is 5.74. The zero-order chi connectivity index (χ0) is 15.6. The van der Waals surface area contributed by atoms with E-state index < -0.39 is 18.3 Å². The molecule has 1 unspecified atom stereocenters. The molecule has 8 heteroatoms. The van der Waals surface area contributed by atoms with Crippen LogP contribution in [0.1, 0.15) is 20.3 Å². The number of aliphatic hydroxyl groups is 1. The highest BCUT2D eigenvalue weighted by Crippen LogP contribution is 2.20. The van der Waals surface area contributed by atoms with Crippen LogP contribution in [0.5, 0.6) is 0 Å². The maximum Gasteiger partial charge on any atom is 0.401 e. The number of amides is 2. The van der Waals surface area contributed by atoms with E-state index >= 15 is 0 Å². The highest BCUT2D eigenvalue weighted by Gasteiger charge is 2.35. The topological polar surface area (TPSA) is 55.8 Å². The lowest BCUT2D eigenvalue weighted by Crippen LogP contribution is -2.48. The molecule has 1 rings (SSSR count). The molecule has 0 aromatic rings. The Bertz CT molecular complexity index is 342. The van der Waals surface area contributed by atoms with Crippen LogP contribution in [0.25, 0.3) is 0 Å². The Morgan fingerprint density at radius 1 is 1.45 bits per heavy atom. The summed E-state index contributed by atoms with van der Waals surface area (Å²) in [6.45, 7) is 2.88. The van der Waals surface area contributed by atoms with Crippen molar-refractivity contribution in [2.24, 2.45) is 0 Å². The van der Waals surface area contributed by atoms with E-state index in [4.69, 9.17) is 0 Å². The van der Waals surface area contributed by atoms with Gasteiger partial charge in [-0.15, -0.1) is 0 Å². The molecule has 0 aliphatic carbocycles. The molecule has 0 saturated carbocycles. The van der Waals surface area contributed by atoms with Crippen LogP contribution < -0.4 is 5.32 Å². The van der Waals surface area contributed by atoms with E-state index in [1.54, 1.807) is 13.8 Å². The van der Waals surface area contributed by atoms with Crippen molar-refractivity contribution >= 4 is 6.03 Å². The predicted octanol–water partition coefficient (Wildman–Crippen LogP) is 1.04. The molecule has 0 bridgehead atoms. The first kappa shape index (κ1) is 17.0. The van der Waals surface area contributed by atoms with E-state index in [2.05, 4.69) is 5.32 Å². The summed E-state index contributed by atoms with van der Waals surface area (Å²) in [6, 6.07) is -0.667. The average Bonchev–Trinajstić information content (AvgIpc) is 2.59. The molecule has 0 spiro atoms. The van der Waals surface area contributed by atoms with Gasteiger partial charge in [0.1, 0.15) is 0 Å². The average molecular weight is 297 g/mol. The van der Waals surface area contributed by atoms with E-state index in [0.29, 0.717) is 13.0 Å². The van der Waals surface area contributed by atoms with E-state index in [1.807, 2.05) is 0 Å². The number of alkyl halides is 3. The van der Waals surface area contributed by atoms with Crippen molar-refractivity contribution in [3.05, 3.63) is 0 Å². The second kappa shape index (κ2) is 6.17. The van der Waals surface area contributed by atoms with E-state index in [9.17, 15) is 23.1 Å². The number of nitrogens with zero attached hydrogens (tertiary/aromatic N) is 2. The largest absolute Gasteiger partial charge is 0.401 e. The van der Waals surface area contributed by atoms with Crippen LogP contribution in [-0.2, 0) is 0 Å². The van der Waals surface area contributed by atoms with Gasteiger partial charge in [-0.25, -0.2) is 4.79 Å². The highest BCUT2D eigenvalue weighted by atomic mass is 19.4. The number of nitrogens with one attached hydrogen (secondary N) is 1. The zero-order valence-electron chi connectivity index (χ0n) is 12.0. The first-order valence-electron chi connectivity index (χ1n) is 6.49. The lowest BCUT2D eigenvalue weighted by molar-refractivity contribution is -0.143. The standard InChI is InChI=1S/C12H22F3N3O2/c1-11(2,20)7-17(3)10(19)16-9-4-5-18(6-9)8-12(13,14)15/h9,20H,4-8H2,1-3H3,(H,16,19). The van der Waals surface area contributed by atoms with Crippen molar-refractivity contribution in [1.29, 1.82) is 0 Å². The molecule has 0 aromatic carbocycles. The van der Waals surface area contributed by atoms with Gasteiger partial charge in [0.25, 0.3) is 0 Å². The molecule has 5 nitrogen and oxygen atoms in total. The number of likely N-dealkylation sites (tertiary alicyclic amines) is 1. The molecule has 1 fully saturated rings. The number of hydrogen-bond acceptors (Lipinski definition) is 3. The summed E-state index contributed by atoms with van der Waals surface area (Å²) >= 11 is 0. The SMILES string of the molecule is CN(CC(C)(C)O)C(=O)NC1CCN(CC(F)(F)F)C1. The van der Waals surface area contributed by atoms with Crippen molar-refractivity contribution < 1.29 is 23.1 Å². The zero-order valence-corrected chi connectivity index (χ0v) is 12.0. The van der Waals surface area contributed by atoms with Crippen LogP contribution in [0, 0.1) is 0 Å². The second-order valence-electron chi connectivity index (χ2n) is 5.95. The Hall–Kier alpha value is -1.02. The van der Waals surface area contributed by atoms with Crippen LogP contribution >= 0.6 is 0 Å². The third kappa shape index (κ3) is 6.42. The molecule has 0 aromatic heterocycles. The minimum Gasteiger partial charge on any atom is -0.389 e. The van der Waals surface area contributed by atoms with Gasteiger partial charge in [-0.05, 0) is 20.3 Å². The van der Waals surface area contributed by atoms with E-state index in [0.717, 1.165) is 0 Å². The molecule has 1 heterocycles. The van der Waals surface area contributed by atoms with Gasteiger partial charge in [0, 0.05) is 26.2 Å². The Morgan fingerprint density at radius 2 is 2.05 bits per heavy atom. The van der Waals surface area contributed by atoms with Crippen molar-refractivity contribution in [2.45, 2.75) is 38.1 Å². The maximum atomic E-state index is 12.2. The Labute approximate surface area is 116 Å². The van der Waals surface area contributed by atoms with Crippen LogP contribution in [-0.4, -0.2) is 72.0 Å². The van der Waals surface area contributed by atoms with Gasteiger partial charge in [0.15, 0.2) is 0 Å². The molecular weight excluding hydrogens is 275 g/mol. The van der Waals surface area contributed by atoms with Gasteiger partial charge in [-0.3, -0.25) is 4.90 Å². The molecular formula is C12H22F3N3O2. The van der Waals surface area contributed by atoms with Gasteiger partial charge in [-0.2, -0.15) is 13.2 Å². The molecule has 2 amide bonds. The summed E-state index contributed by atoms with van der Waals surface area (Å²) in [5.41, 5.74) is -1.01. The second-order valence-corrected chi connectivity index (χ2v) is 5.95. The maximum absolute atomic E-state index is 12.2. The molecule has 1 atom stereocenters. The fourth-order valence-electron chi connectivity index (χ4n) is 2.28. The quantitative estimate of drug-likeness (QED) is 0.815. The number of carbonyl (C=O) groups excluding carboxylic acids is 1. The molecule has 0 radical (unpaired) electrons. The summed E-state index contributed by atoms with van der Waals surface area (Å²) < 4.78 is 36.7. The third-order valence-corrected chi connectivity index (χ3v) is 2.97. The van der Waals surface area contributed by atoms with Gasteiger partial charge in [0.2, 0.25) is 0 Å². The van der Waals surface area contributed by atoms with Gasteiger partial charge >= 0.3 is 12.2 Å². The molecule has 1 aliphatic heterocycles. The monoisotopic (exact) mass is 297 g/mol. The van der Waals surface area contributed by atoms with Crippen molar-refractivity contribution in [3.63, 3.8) is 0 Å². The molecule has 1 aliphatic rings. The Kier molecular flexibility index (Phi) is 5.26. The van der Waals surface area contributed by atoms with Crippen LogP contribution in [0.2, 0.25) is 0 Å². The van der Waals surface area contributed by atoms with Gasteiger partial charge in [0.05, 0.1) is 18.7 Å². The number of urea groups is 1. The first-order chi connectivity index (χ1) is 8.96. The van der Waals surface area contributed by atoms with E-state index in [-0.39, 0.29) is 25.2 Å².